The molecule has 2 aliphatic rings. The SMILES string of the molecule is C=C(O[Si](C(C)C)(C(C)C)C(C)C)C1(COC(=O)c2cc([N+](=O)[O-])cc([N+](=O)[O-])c2)C2CCCOC21. The van der Waals surface area contributed by atoms with E-state index >= 15 is 0 Å². The van der Waals surface area contributed by atoms with Crippen LogP contribution in [0.4, 0.5) is 11.4 Å². The molecule has 0 aromatic heterocycles. The molecule has 3 rings (SSSR count). The van der Waals surface area contributed by atoms with E-state index in [1.54, 1.807) is 0 Å². The highest BCUT2D eigenvalue weighted by Gasteiger charge is 2.70. The van der Waals surface area contributed by atoms with Crippen LogP contribution in [-0.2, 0) is 13.9 Å². The van der Waals surface area contributed by atoms with E-state index in [9.17, 15) is 25.0 Å². The molecule has 36 heavy (non-hydrogen) atoms. The molecule has 0 amide bonds. The quantitative estimate of drug-likeness (QED) is 0.111. The molecule has 1 aliphatic heterocycles. The van der Waals surface area contributed by atoms with Crippen LogP contribution in [0.25, 0.3) is 0 Å². The number of carbonyl (C=O) groups excluding carboxylic acids is 1. The van der Waals surface area contributed by atoms with Crippen molar-refractivity contribution in [3.05, 3.63) is 56.3 Å². The standard InChI is InChI=1S/C25H36N2O8Si/c1-15(2)36(16(3)4,17(5)6)35-18(7)25(22-9-8-10-33-23(22)25)14-34-24(28)19-11-20(26(29)30)13-21(12-19)27(31)32/h11-13,15-17,22-23H,7-10,14H2,1-6H3. The Balaban J connectivity index is 1.89. The number of nitro benzene ring substituents is 2. The lowest BCUT2D eigenvalue weighted by atomic mass is 10.0. The van der Waals surface area contributed by atoms with Gasteiger partial charge < -0.3 is 13.9 Å². The number of ether oxygens (including phenoxy) is 2. The second kappa shape index (κ2) is 10.3. The molecule has 0 N–H and O–H groups in total. The summed E-state index contributed by atoms with van der Waals surface area (Å²) in [6.45, 7) is 17.9. The molecule has 1 aromatic rings. The van der Waals surface area contributed by atoms with E-state index in [1.807, 2.05) is 0 Å². The van der Waals surface area contributed by atoms with Gasteiger partial charge in [-0.15, -0.1) is 0 Å². The third kappa shape index (κ3) is 4.78. The van der Waals surface area contributed by atoms with E-state index in [1.165, 1.54) is 0 Å². The Morgan fingerprint density at radius 2 is 1.61 bits per heavy atom. The Kier molecular flexibility index (Phi) is 7.94. The molecular weight excluding hydrogens is 484 g/mol. The van der Waals surface area contributed by atoms with E-state index < -0.39 is 40.9 Å². The second-order valence-corrected chi connectivity index (χ2v) is 16.1. The molecule has 3 atom stereocenters. The lowest BCUT2D eigenvalue weighted by Gasteiger charge is -2.44. The third-order valence-electron chi connectivity index (χ3n) is 7.91. The highest BCUT2D eigenvalue weighted by Crippen LogP contribution is 2.64. The van der Waals surface area contributed by atoms with Crippen LogP contribution in [0.3, 0.4) is 0 Å². The summed E-state index contributed by atoms with van der Waals surface area (Å²) in [4.78, 5) is 33.8. The van der Waals surface area contributed by atoms with Crippen LogP contribution in [0.2, 0.25) is 16.6 Å². The minimum absolute atomic E-state index is 0.0742. The lowest BCUT2D eigenvalue weighted by Crippen LogP contribution is -2.48. The topological polar surface area (TPSA) is 131 Å². The Hall–Kier alpha value is -2.79. The molecule has 10 nitrogen and oxygen atoms in total. The first-order valence-corrected chi connectivity index (χ1v) is 14.5. The van der Waals surface area contributed by atoms with Gasteiger partial charge in [-0.1, -0.05) is 48.1 Å². The van der Waals surface area contributed by atoms with Crippen molar-refractivity contribution >= 4 is 25.7 Å². The van der Waals surface area contributed by atoms with Gasteiger partial charge in [-0.25, -0.2) is 4.79 Å². The summed E-state index contributed by atoms with van der Waals surface area (Å²) in [6.07, 6.45) is 1.57. The van der Waals surface area contributed by atoms with Gasteiger partial charge >= 0.3 is 5.97 Å². The van der Waals surface area contributed by atoms with Crippen molar-refractivity contribution in [2.75, 3.05) is 13.2 Å². The van der Waals surface area contributed by atoms with E-state index in [0.29, 0.717) is 29.0 Å². The van der Waals surface area contributed by atoms with Gasteiger partial charge in [-0.2, -0.15) is 0 Å². The predicted molar refractivity (Wildman–Crippen MR) is 136 cm³/mol. The van der Waals surface area contributed by atoms with Crippen LogP contribution in [0.5, 0.6) is 0 Å². The molecule has 3 unspecified atom stereocenters. The van der Waals surface area contributed by atoms with Crippen molar-refractivity contribution in [2.24, 2.45) is 11.3 Å². The fourth-order valence-corrected chi connectivity index (χ4v) is 11.5. The summed E-state index contributed by atoms with van der Waals surface area (Å²) in [6, 6.07) is 2.78. The maximum atomic E-state index is 12.9. The van der Waals surface area contributed by atoms with Crippen LogP contribution in [-0.4, -0.2) is 43.5 Å². The first-order valence-electron chi connectivity index (χ1n) is 12.4. The highest BCUT2D eigenvalue weighted by atomic mass is 28.4. The first kappa shape index (κ1) is 27.8. The highest BCUT2D eigenvalue weighted by molar-refractivity contribution is 6.77. The largest absolute Gasteiger partial charge is 0.545 e. The van der Waals surface area contributed by atoms with Crippen molar-refractivity contribution in [2.45, 2.75) is 77.1 Å². The van der Waals surface area contributed by atoms with E-state index in [-0.39, 0.29) is 24.2 Å². The Morgan fingerprint density at radius 1 is 1.08 bits per heavy atom. The van der Waals surface area contributed by atoms with E-state index in [0.717, 1.165) is 31.0 Å². The average Bonchev–Trinajstić information content (AvgIpc) is 3.48. The maximum absolute atomic E-state index is 12.9. The van der Waals surface area contributed by atoms with Crippen LogP contribution < -0.4 is 0 Å². The zero-order valence-electron chi connectivity index (χ0n) is 21.8. The summed E-state index contributed by atoms with van der Waals surface area (Å²) in [5.74, 6) is -0.220. The smallest absolute Gasteiger partial charge is 0.338 e. The Labute approximate surface area is 212 Å². The molecule has 1 aliphatic carbocycles. The number of non-ortho nitro benzene ring substituents is 2. The van der Waals surface area contributed by atoms with Crippen molar-refractivity contribution in [3.8, 4) is 0 Å². The number of nitro groups is 2. The van der Waals surface area contributed by atoms with Crippen LogP contribution in [0, 0.1) is 31.6 Å². The average molecular weight is 521 g/mol. The normalized spacial score (nSPS) is 23.4. The predicted octanol–water partition coefficient (Wildman–Crippen LogP) is 6.16. The maximum Gasteiger partial charge on any atom is 0.338 e. The van der Waals surface area contributed by atoms with Gasteiger partial charge in [-0.3, -0.25) is 20.2 Å². The summed E-state index contributed by atoms with van der Waals surface area (Å²) < 4.78 is 18.5. The fourth-order valence-electron chi connectivity index (χ4n) is 6.16. The summed E-state index contributed by atoms with van der Waals surface area (Å²) in [7, 11) is -2.33. The second-order valence-electron chi connectivity index (χ2n) is 10.8. The molecule has 0 bridgehead atoms. The van der Waals surface area contributed by atoms with Gasteiger partial charge in [0.1, 0.15) is 6.61 Å². The number of rotatable bonds is 11. The number of carbonyl (C=O) groups is 1. The molecule has 0 spiro atoms. The molecule has 0 radical (unpaired) electrons. The summed E-state index contributed by atoms with van der Waals surface area (Å²) in [5.41, 5.74) is -1.11. The monoisotopic (exact) mass is 520 g/mol. The Morgan fingerprint density at radius 3 is 2.03 bits per heavy atom. The molecule has 1 saturated carbocycles. The number of hydrogen-bond donors (Lipinski definition) is 0. The van der Waals surface area contributed by atoms with Crippen LogP contribution in [0.1, 0.15) is 64.7 Å². The molecule has 11 heteroatoms. The molecule has 1 heterocycles. The molecular formula is C25H36N2O8Si. The van der Waals surface area contributed by atoms with Crippen LogP contribution >= 0.6 is 0 Å². The van der Waals surface area contributed by atoms with Gasteiger partial charge in [0.15, 0.2) is 0 Å². The first-order chi connectivity index (χ1) is 16.8. The lowest BCUT2D eigenvalue weighted by molar-refractivity contribution is -0.394. The van der Waals surface area contributed by atoms with Crippen LogP contribution in [0.15, 0.2) is 30.5 Å². The van der Waals surface area contributed by atoms with Gasteiger partial charge in [0.25, 0.3) is 19.7 Å². The number of fused-ring (bicyclic) bond motifs is 1. The number of nitrogens with zero attached hydrogens (tertiary/aromatic N) is 2. The zero-order chi connectivity index (χ0) is 27.0. The fraction of sp³-hybridized carbons (Fsp3) is 0.640. The van der Waals surface area contributed by atoms with Gasteiger partial charge in [-0.05, 0) is 29.5 Å². The minimum Gasteiger partial charge on any atom is -0.545 e. The van der Waals surface area contributed by atoms with E-state index in [4.69, 9.17) is 13.9 Å². The van der Waals surface area contributed by atoms with Crippen molar-refractivity contribution in [1.82, 2.24) is 0 Å². The number of hydrogen-bond acceptors (Lipinski definition) is 8. The van der Waals surface area contributed by atoms with Gasteiger partial charge in [0, 0.05) is 24.7 Å². The molecule has 198 valence electrons. The molecule has 2 fully saturated rings. The summed E-state index contributed by atoms with van der Waals surface area (Å²) in [5, 5.41) is 22.5. The van der Waals surface area contributed by atoms with Crippen molar-refractivity contribution in [3.63, 3.8) is 0 Å². The zero-order valence-corrected chi connectivity index (χ0v) is 22.8. The molecule has 1 saturated heterocycles. The van der Waals surface area contributed by atoms with E-state index in [2.05, 4.69) is 48.1 Å². The molecule has 1 aromatic carbocycles. The Bertz CT molecular complexity index is 988. The van der Waals surface area contributed by atoms with Gasteiger partial charge in [0.05, 0.1) is 38.8 Å². The summed E-state index contributed by atoms with van der Waals surface area (Å²) >= 11 is 0. The third-order valence-corrected chi connectivity index (χ3v) is 13.9. The number of esters is 1. The van der Waals surface area contributed by atoms with Gasteiger partial charge in [0.2, 0.25) is 0 Å². The number of benzene rings is 1. The minimum atomic E-state index is -2.33. The van der Waals surface area contributed by atoms with Crippen molar-refractivity contribution < 1.29 is 28.5 Å². The van der Waals surface area contributed by atoms with Crippen molar-refractivity contribution in [1.29, 1.82) is 0 Å².